The number of ether oxygens (including phenoxy) is 2. The Labute approximate surface area is 181 Å². The van der Waals surface area contributed by atoms with E-state index in [1.165, 1.54) is 56.9 Å². The first kappa shape index (κ1) is 21.5. The first-order valence-corrected chi connectivity index (χ1v) is 12.0. The van der Waals surface area contributed by atoms with Crippen LogP contribution in [-0.4, -0.2) is 18.3 Å². The molecule has 4 saturated carbocycles. The smallest absolute Gasteiger partial charge is 0.405 e. The number of amides is 1. The fourth-order valence-corrected chi connectivity index (χ4v) is 7.03. The van der Waals surface area contributed by atoms with Crippen molar-refractivity contribution in [3.63, 3.8) is 0 Å². The van der Waals surface area contributed by atoms with E-state index in [2.05, 4.69) is 24.3 Å². The Hall–Kier alpha value is -1.71. The summed E-state index contributed by atoms with van der Waals surface area (Å²) in [7, 11) is 0. The second kappa shape index (κ2) is 8.80. The molecule has 0 heterocycles. The fourth-order valence-electron chi connectivity index (χ4n) is 7.03. The van der Waals surface area contributed by atoms with Gasteiger partial charge in [-0.1, -0.05) is 12.1 Å². The number of aryl methyl sites for hydroxylation is 1. The Morgan fingerprint density at radius 2 is 1.63 bits per heavy atom. The summed E-state index contributed by atoms with van der Waals surface area (Å²) in [6.45, 7) is 4.63. The predicted octanol–water partition coefficient (Wildman–Crippen LogP) is 6.26. The summed E-state index contributed by atoms with van der Waals surface area (Å²) in [5, 5.41) is 0. The topological polar surface area (TPSA) is 61.6 Å². The number of nitrogens with two attached hydrogens (primary N) is 1. The first-order valence-electron chi connectivity index (χ1n) is 12.0. The molecule has 5 rings (SSSR count). The number of carbonyl (C=O) groups is 1. The molecule has 4 fully saturated rings. The van der Waals surface area contributed by atoms with E-state index >= 15 is 0 Å². The molecule has 2 N–H and O–H groups in total. The summed E-state index contributed by atoms with van der Waals surface area (Å²) in [5.74, 6) is 4.09. The summed E-state index contributed by atoms with van der Waals surface area (Å²) in [6.07, 6.45) is 13.6. The third kappa shape index (κ3) is 5.50. The molecule has 1 aromatic carbocycles. The third-order valence-corrected chi connectivity index (χ3v) is 7.83. The standard InChI is InChI=1S/C26H39NO3/c1-25(2,30-24(27)28)10-3-5-19-6-8-23(9-7-19)29-12-4-11-26-16-20-13-21(17-26)15-22(14-20)18-26/h6-9,20-22H,3-5,10-18H2,1-2H3,(H2,27,28). The monoisotopic (exact) mass is 413 g/mol. The van der Waals surface area contributed by atoms with Crippen LogP contribution in [0.4, 0.5) is 4.79 Å². The van der Waals surface area contributed by atoms with Crippen molar-refractivity contribution in [2.75, 3.05) is 6.61 Å². The second-order valence-corrected chi connectivity index (χ2v) is 11.0. The highest BCUT2D eigenvalue weighted by atomic mass is 16.6. The number of hydrogen-bond acceptors (Lipinski definition) is 3. The van der Waals surface area contributed by atoms with Gasteiger partial charge >= 0.3 is 6.09 Å². The van der Waals surface area contributed by atoms with Crippen LogP contribution >= 0.6 is 0 Å². The maximum atomic E-state index is 10.9. The van der Waals surface area contributed by atoms with Crippen molar-refractivity contribution in [1.29, 1.82) is 0 Å². The molecule has 1 amide bonds. The molecule has 0 unspecified atom stereocenters. The van der Waals surface area contributed by atoms with Crippen LogP contribution in [0.5, 0.6) is 5.75 Å². The molecule has 4 aliphatic carbocycles. The van der Waals surface area contributed by atoms with Gasteiger partial charge in [-0.25, -0.2) is 4.79 Å². The quantitative estimate of drug-likeness (QED) is 0.461. The van der Waals surface area contributed by atoms with Gasteiger partial charge in [-0.15, -0.1) is 0 Å². The minimum absolute atomic E-state index is 0.508. The molecule has 0 atom stereocenters. The number of rotatable bonds is 10. The van der Waals surface area contributed by atoms with Crippen molar-refractivity contribution in [1.82, 2.24) is 0 Å². The Morgan fingerprint density at radius 3 is 2.20 bits per heavy atom. The molecule has 30 heavy (non-hydrogen) atoms. The molecule has 4 bridgehead atoms. The summed E-state index contributed by atoms with van der Waals surface area (Å²) in [6, 6.07) is 8.48. The summed E-state index contributed by atoms with van der Waals surface area (Å²) < 4.78 is 11.2. The number of hydrogen-bond donors (Lipinski definition) is 1. The van der Waals surface area contributed by atoms with E-state index in [4.69, 9.17) is 15.2 Å². The van der Waals surface area contributed by atoms with Gasteiger partial charge in [-0.3, -0.25) is 0 Å². The Morgan fingerprint density at radius 1 is 1.03 bits per heavy atom. The number of carbonyl (C=O) groups excluding carboxylic acids is 1. The minimum atomic E-state index is -0.704. The minimum Gasteiger partial charge on any atom is -0.494 e. The summed E-state index contributed by atoms with van der Waals surface area (Å²) in [5.41, 5.74) is 6.56. The third-order valence-electron chi connectivity index (χ3n) is 7.83. The van der Waals surface area contributed by atoms with Gasteiger partial charge in [0.15, 0.2) is 0 Å². The van der Waals surface area contributed by atoms with E-state index in [9.17, 15) is 4.79 Å². The van der Waals surface area contributed by atoms with Crippen LogP contribution in [0.15, 0.2) is 24.3 Å². The van der Waals surface area contributed by atoms with E-state index in [0.29, 0.717) is 5.41 Å². The Balaban J connectivity index is 1.15. The van der Waals surface area contributed by atoms with Crippen LogP contribution in [0.1, 0.15) is 83.6 Å². The van der Waals surface area contributed by atoms with Crippen LogP contribution in [-0.2, 0) is 11.2 Å². The van der Waals surface area contributed by atoms with Gasteiger partial charge < -0.3 is 15.2 Å². The molecule has 0 aromatic heterocycles. The van der Waals surface area contributed by atoms with Crippen molar-refractivity contribution >= 4 is 6.09 Å². The highest BCUT2D eigenvalue weighted by Crippen LogP contribution is 2.61. The average molecular weight is 414 g/mol. The second-order valence-electron chi connectivity index (χ2n) is 11.0. The van der Waals surface area contributed by atoms with E-state index < -0.39 is 11.7 Å². The molecule has 166 valence electrons. The van der Waals surface area contributed by atoms with Gasteiger partial charge in [0.05, 0.1) is 6.61 Å². The molecule has 0 saturated heterocycles. The van der Waals surface area contributed by atoms with Crippen molar-refractivity contribution < 1.29 is 14.3 Å². The van der Waals surface area contributed by atoms with Crippen molar-refractivity contribution in [3.05, 3.63) is 29.8 Å². The predicted molar refractivity (Wildman–Crippen MR) is 119 cm³/mol. The fraction of sp³-hybridized carbons (Fsp3) is 0.731. The van der Waals surface area contributed by atoms with Gasteiger partial charge in [0.2, 0.25) is 0 Å². The van der Waals surface area contributed by atoms with Crippen molar-refractivity contribution in [2.45, 2.75) is 90.1 Å². The zero-order valence-corrected chi connectivity index (χ0v) is 18.8. The lowest BCUT2D eigenvalue weighted by Gasteiger charge is -2.57. The Bertz CT molecular complexity index is 689. The lowest BCUT2D eigenvalue weighted by molar-refractivity contribution is -0.0593. The van der Waals surface area contributed by atoms with Gasteiger partial charge in [0.25, 0.3) is 0 Å². The average Bonchev–Trinajstić information content (AvgIpc) is 2.64. The highest BCUT2D eigenvalue weighted by molar-refractivity contribution is 5.65. The zero-order chi connectivity index (χ0) is 21.2. The molecule has 4 aliphatic rings. The van der Waals surface area contributed by atoms with Crippen molar-refractivity contribution in [3.8, 4) is 5.75 Å². The maximum absolute atomic E-state index is 10.9. The number of benzene rings is 1. The first-order chi connectivity index (χ1) is 14.3. The van der Waals surface area contributed by atoms with Crippen LogP contribution < -0.4 is 10.5 Å². The van der Waals surface area contributed by atoms with E-state index in [1.54, 1.807) is 0 Å². The van der Waals surface area contributed by atoms with E-state index in [0.717, 1.165) is 49.4 Å². The van der Waals surface area contributed by atoms with Crippen LogP contribution in [0.2, 0.25) is 0 Å². The molecule has 1 aromatic rings. The molecule has 0 radical (unpaired) electrons. The normalized spacial score (nSPS) is 29.7. The SMILES string of the molecule is CC(C)(CCCc1ccc(OCCCC23CC4CC(CC(C4)C2)C3)cc1)OC(N)=O. The zero-order valence-electron chi connectivity index (χ0n) is 18.8. The van der Waals surface area contributed by atoms with Crippen LogP contribution in [0.25, 0.3) is 0 Å². The number of primary amides is 1. The Kier molecular flexibility index (Phi) is 6.31. The molecular formula is C26H39NO3. The molecular weight excluding hydrogens is 374 g/mol. The maximum Gasteiger partial charge on any atom is 0.405 e. The summed E-state index contributed by atoms with van der Waals surface area (Å²) >= 11 is 0. The van der Waals surface area contributed by atoms with Crippen LogP contribution in [0, 0.1) is 23.2 Å². The lowest BCUT2D eigenvalue weighted by Crippen LogP contribution is -2.46. The molecule has 4 heteroatoms. The van der Waals surface area contributed by atoms with Crippen LogP contribution in [0.3, 0.4) is 0 Å². The van der Waals surface area contributed by atoms with Crippen molar-refractivity contribution in [2.24, 2.45) is 28.9 Å². The van der Waals surface area contributed by atoms with E-state index in [1.807, 2.05) is 13.8 Å². The largest absolute Gasteiger partial charge is 0.494 e. The van der Waals surface area contributed by atoms with Gasteiger partial charge in [-0.2, -0.15) is 0 Å². The highest BCUT2D eigenvalue weighted by Gasteiger charge is 2.50. The van der Waals surface area contributed by atoms with Gasteiger partial charge in [-0.05, 0) is 125 Å². The van der Waals surface area contributed by atoms with E-state index in [-0.39, 0.29) is 0 Å². The van der Waals surface area contributed by atoms with Gasteiger partial charge in [0, 0.05) is 0 Å². The summed E-state index contributed by atoms with van der Waals surface area (Å²) in [4.78, 5) is 10.9. The molecule has 0 spiro atoms. The molecule has 4 nitrogen and oxygen atoms in total. The molecule has 0 aliphatic heterocycles. The van der Waals surface area contributed by atoms with Gasteiger partial charge in [0.1, 0.15) is 11.4 Å². The lowest BCUT2D eigenvalue weighted by atomic mass is 9.48.